The molecule has 0 aliphatic heterocycles. The maximum atomic E-state index is 12.2. The highest BCUT2D eigenvalue weighted by Crippen LogP contribution is 2.20. The fourth-order valence-corrected chi connectivity index (χ4v) is 3.02. The first kappa shape index (κ1) is 19.1. The largest absolute Gasteiger partial charge is 0.497 e. The molecule has 0 aliphatic carbocycles. The number of nitrogens with zero attached hydrogens (tertiary/aromatic N) is 3. The topological polar surface area (TPSA) is 69.0 Å². The van der Waals surface area contributed by atoms with E-state index in [0.717, 1.165) is 28.8 Å². The third-order valence-electron chi connectivity index (χ3n) is 3.40. The number of ether oxygens (including phenoxy) is 1. The van der Waals surface area contributed by atoms with Gasteiger partial charge in [-0.2, -0.15) is 0 Å². The number of thioether (sulfide) groups is 1. The van der Waals surface area contributed by atoms with Gasteiger partial charge in [-0.05, 0) is 30.2 Å². The number of rotatable bonds is 9. The molecule has 1 N–H and O–H groups in total. The molecule has 134 valence electrons. The molecule has 0 fully saturated rings. The van der Waals surface area contributed by atoms with Crippen LogP contribution in [0.15, 0.2) is 42.1 Å². The molecule has 0 radical (unpaired) electrons. The zero-order valence-electron chi connectivity index (χ0n) is 14.9. The summed E-state index contributed by atoms with van der Waals surface area (Å²) >= 11 is 1.37. The van der Waals surface area contributed by atoms with Crippen molar-refractivity contribution in [3.8, 4) is 5.75 Å². The maximum Gasteiger partial charge on any atom is 0.234 e. The van der Waals surface area contributed by atoms with Crippen LogP contribution in [-0.4, -0.2) is 33.5 Å². The second-order valence-electron chi connectivity index (χ2n) is 5.96. The Morgan fingerprint density at radius 2 is 2.08 bits per heavy atom. The zero-order valence-corrected chi connectivity index (χ0v) is 15.7. The third kappa shape index (κ3) is 5.63. The molecule has 1 heterocycles. The Kier molecular flexibility index (Phi) is 7.06. The summed E-state index contributed by atoms with van der Waals surface area (Å²) in [6.07, 6.45) is 2.66. The molecule has 1 amide bonds. The molecule has 0 saturated heterocycles. The molecular formula is C18H24N4O2S. The molecule has 0 unspecified atom stereocenters. The highest BCUT2D eigenvalue weighted by atomic mass is 32.2. The van der Waals surface area contributed by atoms with E-state index in [1.807, 2.05) is 34.9 Å². The number of benzene rings is 1. The van der Waals surface area contributed by atoms with E-state index in [0.29, 0.717) is 12.5 Å². The average molecular weight is 360 g/mol. The predicted octanol–water partition coefficient (Wildman–Crippen LogP) is 3.40. The third-order valence-corrected chi connectivity index (χ3v) is 4.37. The van der Waals surface area contributed by atoms with Crippen LogP contribution in [0.2, 0.25) is 0 Å². The molecule has 1 aromatic heterocycles. The number of anilines is 1. The van der Waals surface area contributed by atoms with Crippen LogP contribution in [0.25, 0.3) is 0 Å². The second-order valence-corrected chi connectivity index (χ2v) is 6.90. The Morgan fingerprint density at radius 1 is 1.36 bits per heavy atom. The van der Waals surface area contributed by atoms with Gasteiger partial charge < -0.3 is 14.6 Å². The van der Waals surface area contributed by atoms with Gasteiger partial charge in [-0.3, -0.25) is 4.79 Å². The standard InChI is InChI=1S/C18H24N4O2S/c1-5-10-22-16(11-13(2)3)20-21-18(22)25-12-17(23)19-14-6-8-15(24-4)9-7-14/h5-9,13H,1,10-12H2,2-4H3,(H,19,23). The van der Waals surface area contributed by atoms with Gasteiger partial charge in [-0.15, -0.1) is 16.8 Å². The van der Waals surface area contributed by atoms with E-state index in [2.05, 4.69) is 35.9 Å². The van der Waals surface area contributed by atoms with Crippen LogP contribution in [0.5, 0.6) is 5.75 Å². The highest BCUT2D eigenvalue weighted by Gasteiger charge is 2.14. The van der Waals surface area contributed by atoms with Crippen molar-refractivity contribution in [2.45, 2.75) is 32.0 Å². The SMILES string of the molecule is C=CCn1c(CC(C)C)nnc1SCC(=O)Nc1ccc(OC)cc1. The van der Waals surface area contributed by atoms with Crippen molar-refractivity contribution in [3.63, 3.8) is 0 Å². The minimum atomic E-state index is -0.0891. The van der Waals surface area contributed by atoms with Crippen LogP contribution in [0.3, 0.4) is 0 Å². The van der Waals surface area contributed by atoms with Gasteiger partial charge in [0.1, 0.15) is 11.6 Å². The lowest BCUT2D eigenvalue weighted by Crippen LogP contribution is -2.15. The van der Waals surface area contributed by atoms with Crippen LogP contribution in [0, 0.1) is 5.92 Å². The van der Waals surface area contributed by atoms with Gasteiger partial charge in [0, 0.05) is 18.7 Å². The molecule has 2 aromatic rings. The Balaban J connectivity index is 1.96. The first-order valence-corrected chi connectivity index (χ1v) is 9.11. The summed E-state index contributed by atoms with van der Waals surface area (Å²) in [5.74, 6) is 2.34. The smallest absolute Gasteiger partial charge is 0.234 e. The molecule has 25 heavy (non-hydrogen) atoms. The molecule has 0 atom stereocenters. The molecule has 0 bridgehead atoms. The van der Waals surface area contributed by atoms with E-state index >= 15 is 0 Å². The van der Waals surface area contributed by atoms with Gasteiger partial charge in [0.2, 0.25) is 5.91 Å². The van der Waals surface area contributed by atoms with Crippen LogP contribution in [0.1, 0.15) is 19.7 Å². The number of hydrogen-bond acceptors (Lipinski definition) is 5. The van der Waals surface area contributed by atoms with Crippen LogP contribution in [-0.2, 0) is 17.8 Å². The van der Waals surface area contributed by atoms with Crippen molar-refractivity contribution < 1.29 is 9.53 Å². The summed E-state index contributed by atoms with van der Waals surface area (Å²) in [6, 6.07) is 7.23. The van der Waals surface area contributed by atoms with E-state index in [1.165, 1.54) is 11.8 Å². The molecule has 0 spiro atoms. The lowest BCUT2D eigenvalue weighted by molar-refractivity contribution is -0.113. The summed E-state index contributed by atoms with van der Waals surface area (Å²) in [5.41, 5.74) is 0.736. The maximum absolute atomic E-state index is 12.2. The number of hydrogen-bond donors (Lipinski definition) is 1. The Morgan fingerprint density at radius 3 is 2.68 bits per heavy atom. The summed E-state index contributed by atoms with van der Waals surface area (Å²) in [4.78, 5) is 12.2. The fourth-order valence-electron chi connectivity index (χ4n) is 2.26. The van der Waals surface area contributed by atoms with Gasteiger partial charge in [-0.25, -0.2) is 0 Å². The number of carbonyl (C=O) groups excluding carboxylic acids is 1. The minimum Gasteiger partial charge on any atom is -0.497 e. The highest BCUT2D eigenvalue weighted by molar-refractivity contribution is 7.99. The lowest BCUT2D eigenvalue weighted by atomic mass is 10.1. The van der Waals surface area contributed by atoms with Crippen molar-refractivity contribution in [2.75, 3.05) is 18.2 Å². The van der Waals surface area contributed by atoms with E-state index in [-0.39, 0.29) is 11.7 Å². The average Bonchev–Trinajstić information content (AvgIpc) is 2.95. The van der Waals surface area contributed by atoms with Crippen LogP contribution in [0.4, 0.5) is 5.69 Å². The van der Waals surface area contributed by atoms with E-state index in [1.54, 1.807) is 7.11 Å². The molecule has 1 aromatic carbocycles. The molecule has 2 rings (SSSR count). The van der Waals surface area contributed by atoms with Gasteiger partial charge in [0.15, 0.2) is 5.16 Å². The first-order chi connectivity index (χ1) is 12.0. The summed E-state index contributed by atoms with van der Waals surface area (Å²) in [6.45, 7) is 8.71. The molecule has 0 saturated carbocycles. The minimum absolute atomic E-state index is 0.0891. The van der Waals surface area contributed by atoms with Crippen molar-refractivity contribution in [1.82, 2.24) is 14.8 Å². The number of aromatic nitrogens is 3. The Labute approximate surface area is 152 Å². The van der Waals surface area contributed by atoms with Gasteiger partial charge in [0.05, 0.1) is 12.9 Å². The van der Waals surface area contributed by atoms with E-state index < -0.39 is 0 Å². The zero-order chi connectivity index (χ0) is 18.2. The molecule has 6 nitrogen and oxygen atoms in total. The number of methoxy groups -OCH3 is 1. The van der Waals surface area contributed by atoms with E-state index in [4.69, 9.17) is 4.74 Å². The predicted molar refractivity (Wildman–Crippen MR) is 101 cm³/mol. The Hall–Kier alpha value is -2.28. The van der Waals surface area contributed by atoms with Crippen LogP contribution >= 0.6 is 11.8 Å². The van der Waals surface area contributed by atoms with Crippen molar-refractivity contribution in [1.29, 1.82) is 0 Å². The lowest BCUT2D eigenvalue weighted by Gasteiger charge is -2.09. The normalized spacial score (nSPS) is 10.7. The fraction of sp³-hybridized carbons (Fsp3) is 0.389. The van der Waals surface area contributed by atoms with Crippen molar-refractivity contribution in [3.05, 3.63) is 42.7 Å². The first-order valence-electron chi connectivity index (χ1n) is 8.13. The second kappa shape index (κ2) is 9.27. The van der Waals surface area contributed by atoms with Crippen LogP contribution < -0.4 is 10.1 Å². The van der Waals surface area contributed by atoms with Crippen molar-refractivity contribution in [2.24, 2.45) is 5.92 Å². The molecule has 7 heteroatoms. The number of amides is 1. The monoisotopic (exact) mass is 360 g/mol. The summed E-state index contributed by atoms with van der Waals surface area (Å²) in [5, 5.41) is 12.1. The molecule has 0 aliphatic rings. The van der Waals surface area contributed by atoms with Gasteiger partial charge >= 0.3 is 0 Å². The summed E-state index contributed by atoms with van der Waals surface area (Å²) in [7, 11) is 1.61. The number of nitrogens with one attached hydrogen (secondary N) is 1. The number of carbonyl (C=O) groups is 1. The summed E-state index contributed by atoms with van der Waals surface area (Å²) < 4.78 is 7.11. The van der Waals surface area contributed by atoms with Gasteiger partial charge in [0.25, 0.3) is 0 Å². The van der Waals surface area contributed by atoms with Gasteiger partial charge in [-0.1, -0.05) is 31.7 Å². The quantitative estimate of drug-likeness (QED) is 0.548. The van der Waals surface area contributed by atoms with E-state index in [9.17, 15) is 4.79 Å². The molecular weight excluding hydrogens is 336 g/mol. The Bertz CT molecular complexity index is 710. The van der Waals surface area contributed by atoms with Crippen molar-refractivity contribution >= 4 is 23.4 Å². The number of allylic oxidation sites excluding steroid dienone is 1.